The van der Waals surface area contributed by atoms with Crippen molar-refractivity contribution in [3.8, 4) is 17.2 Å². The predicted molar refractivity (Wildman–Crippen MR) is 146 cm³/mol. The Kier molecular flexibility index (Phi) is 6.67. The van der Waals surface area contributed by atoms with Crippen LogP contribution in [0.15, 0.2) is 65.8 Å². The van der Waals surface area contributed by atoms with E-state index in [0.29, 0.717) is 13.0 Å². The van der Waals surface area contributed by atoms with Crippen LogP contribution in [0, 0.1) is 25.2 Å². The highest BCUT2D eigenvalue weighted by Gasteiger charge is 2.32. The number of fused-ring (bicyclic) bond motifs is 1. The van der Waals surface area contributed by atoms with Crippen molar-refractivity contribution in [2.24, 2.45) is 5.10 Å². The number of aromatic nitrogens is 1. The number of carbonyl (C=O) groups is 1. The van der Waals surface area contributed by atoms with Crippen molar-refractivity contribution in [3.63, 3.8) is 0 Å². The van der Waals surface area contributed by atoms with Crippen LogP contribution in [-0.4, -0.2) is 22.4 Å². The summed E-state index contributed by atoms with van der Waals surface area (Å²) < 4.78 is 2.31. The van der Waals surface area contributed by atoms with E-state index in [-0.39, 0.29) is 5.56 Å². The third-order valence-corrected chi connectivity index (χ3v) is 6.78. The van der Waals surface area contributed by atoms with E-state index < -0.39 is 11.4 Å². The molecule has 1 aromatic heterocycles. The summed E-state index contributed by atoms with van der Waals surface area (Å²) in [6.07, 6.45) is 0.329. The number of nitrogens with one attached hydrogen (secondary N) is 1. The molecule has 6 heteroatoms. The Balaban J connectivity index is 2.12. The van der Waals surface area contributed by atoms with Crippen LogP contribution in [0.2, 0.25) is 0 Å². The summed E-state index contributed by atoms with van der Waals surface area (Å²) >= 11 is 0. The zero-order valence-electron chi connectivity index (χ0n) is 21.1. The zero-order valence-corrected chi connectivity index (χ0v) is 21.1. The Morgan fingerprint density at radius 3 is 2.42 bits per heavy atom. The molecule has 0 aliphatic carbocycles. The molecule has 0 spiro atoms. The number of carboxylic acids is 1. The number of nitriles is 1. The van der Waals surface area contributed by atoms with Crippen LogP contribution in [0.25, 0.3) is 22.0 Å². The Morgan fingerprint density at radius 1 is 1.11 bits per heavy atom. The van der Waals surface area contributed by atoms with E-state index in [1.165, 1.54) is 11.1 Å². The first kappa shape index (κ1) is 24.7. The molecule has 0 saturated heterocycles. The largest absolute Gasteiger partial charge is 0.478 e. The summed E-state index contributed by atoms with van der Waals surface area (Å²) in [7, 11) is 0. The lowest BCUT2D eigenvalue weighted by Crippen LogP contribution is -2.23. The first-order chi connectivity index (χ1) is 17.2. The van der Waals surface area contributed by atoms with Crippen molar-refractivity contribution >= 4 is 29.3 Å². The van der Waals surface area contributed by atoms with Gasteiger partial charge in [0.15, 0.2) is 0 Å². The van der Waals surface area contributed by atoms with Gasteiger partial charge in [-0.2, -0.15) is 10.4 Å². The Labute approximate surface area is 211 Å². The van der Waals surface area contributed by atoms with Gasteiger partial charge in [0, 0.05) is 47.3 Å². The number of hydrogen-bond acceptors (Lipinski definition) is 4. The second kappa shape index (κ2) is 9.71. The smallest absolute Gasteiger partial charge is 0.335 e. The van der Waals surface area contributed by atoms with Crippen LogP contribution < -0.4 is 5.43 Å². The quantitative estimate of drug-likeness (QED) is 0.213. The Hall–Kier alpha value is -4.37. The number of hydrogen-bond donors (Lipinski definition) is 2. The van der Waals surface area contributed by atoms with Crippen molar-refractivity contribution in [1.29, 1.82) is 5.26 Å². The number of carboxylic acid groups (broad SMARTS) is 1. The average Bonchev–Trinajstić information content (AvgIpc) is 3.14. The van der Waals surface area contributed by atoms with Crippen molar-refractivity contribution in [2.45, 2.75) is 46.1 Å². The minimum absolute atomic E-state index is 0.231. The van der Waals surface area contributed by atoms with Crippen LogP contribution in [-0.2, 0) is 12.0 Å². The fourth-order valence-electron chi connectivity index (χ4n) is 4.88. The Bertz CT molecular complexity index is 1500. The lowest BCUT2D eigenvalue weighted by Gasteiger charge is -2.27. The minimum atomic E-state index is -0.965. The van der Waals surface area contributed by atoms with Crippen molar-refractivity contribution in [3.05, 3.63) is 88.6 Å². The third kappa shape index (κ3) is 4.48. The lowest BCUT2D eigenvalue weighted by molar-refractivity contribution is 0.0697. The van der Waals surface area contributed by atoms with Gasteiger partial charge in [-0.3, -0.25) is 5.43 Å². The first-order valence-electron chi connectivity index (χ1n) is 11.8. The average molecular weight is 479 g/mol. The van der Waals surface area contributed by atoms with E-state index in [1.807, 2.05) is 31.2 Å². The summed E-state index contributed by atoms with van der Waals surface area (Å²) in [5, 5.41) is 24.0. The van der Waals surface area contributed by atoms with Gasteiger partial charge < -0.3 is 9.67 Å². The monoisotopic (exact) mass is 478 g/mol. The number of hydrazone groups is 1. The van der Waals surface area contributed by atoms with Gasteiger partial charge in [0.05, 0.1) is 17.3 Å². The number of aryl methyl sites for hydroxylation is 2. The van der Waals surface area contributed by atoms with Crippen molar-refractivity contribution < 1.29 is 9.90 Å². The maximum Gasteiger partial charge on any atom is 0.335 e. The zero-order chi connectivity index (χ0) is 26.0. The molecule has 6 nitrogen and oxygen atoms in total. The lowest BCUT2D eigenvalue weighted by atomic mass is 9.81. The molecule has 0 fully saturated rings. The number of benzene rings is 3. The van der Waals surface area contributed by atoms with E-state index in [9.17, 15) is 15.2 Å². The highest BCUT2D eigenvalue weighted by atomic mass is 16.4. The summed E-state index contributed by atoms with van der Waals surface area (Å²) in [4.78, 5) is 11.5. The van der Waals surface area contributed by atoms with Gasteiger partial charge in [-0.25, -0.2) is 4.79 Å². The predicted octanol–water partition coefficient (Wildman–Crippen LogP) is 6.89. The molecule has 0 amide bonds. The van der Waals surface area contributed by atoms with Gasteiger partial charge in [0.25, 0.3) is 0 Å². The molecule has 0 aliphatic heterocycles. The molecule has 2 N–H and O–H groups in total. The van der Waals surface area contributed by atoms with E-state index in [2.05, 4.69) is 72.9 Å². The topological polar surface area (TPSA) is 90.4 Å². The maximum absolute atomic E-state index is 11.5. The van der Waals surface area contributed by atoms with Gasteiger partial charge in [-0.1, -0.05) is 50.2 Å². The molecule has 3 aromatic carbocycles. The highest BCUT2D eigenvalue weighted by molar-refractivity contribution is 6.01. The van der Waals surface area contributed by atoms with Crippen LogP contribution in [0.1, 0.15) is 53.0 Å². The standard InChI is InChI=1S/C30H30N4O2/c1-19-8-6-7-9-23(19)18-34-26-16-20(2)25(33-32-5)17-24(26)27(28(34)30(3,4)14-15-31)21-10-12-22(13-11-21)29(35)36/h6-13,16-17,33H,5,14,18H2,1-4H3,(H,35,36). The molecule has 0 aliphatic rings. The van der Waals surface area contributed by atoms with Crippen LogP contribution in [0.5, 0.6) is 0 Å². The highest BCUT2D eigenvalue weighted by Crippen LogP contribution is 2.44. The molecule has 182 valence electrons. The Morgan fingerprint density at radius 2 is 1.81 bits per heavy atom. The summed E-state index contributed by atoms with van der Waals surface area (Å²) in [6.45, 7) is 12.5. The van der Waals surface area contributed by atoms with E-state index >= 15 is 0 Å². The van der Waals surface area contributed by atoms with Crippen LogP contribution in [0.3, 0.4) is 0 Å². The molecule has 0 atom stereocenters. The second-order valence-corrected chi connectivity index (χ2v) is 9.79. The number of rotatable bonds is 8. The molecule has 0 unspecified atom stereocenters. The van der Waals surface area contributed by atoms with E-state index in [1.54, 1.807) is 12.1 Å². The molecular weight excluding hydrogens is 448 g/mol. The van der Waals surface area contributed by atoms with Gasteiger partial charge in [0.1, 0.15) is 0 Å². The van der Waals surface area contributed by atoms with Crippen LogP contribution in [0.4, 0.5) is 5.69 Å². The van der Waals surface area contributed by atoms with Crippen molar-refractivity contribution in [1.82, 2.24) is 4.57 Å². The van der Waals surface area contributed by atoms with Crippen LogP contribution >= 0.6 is 0 Å². The van der Waals surface area contributed by atoms with Gasteiger partial charge >= 0.3 is 5.97 Å². The number of anilines is 1. The first-order valence-corrected chi connectivity index (χ1v) is 11.8. The molecule has 1 heterocycles. The summed E-state index contributed by atoms with van der Waals surface area (Å²) in [5.41, 5.74) is 11.0. The van der Waals surface area contributed by atoms with Gasteiger partial charge in [-0.05, 0) is 60.4 Å². The minimum Gasteiger partial charge on any atom is -0.478 e. The molecule has 0 saturated carbocycles. The maximum atomic E-state index is 11.5. The number of nitrogens with zero attached hydrogens (tertiary/aromatic N) is 3. The third-order valence-electron chi connectivity index (χ3n) is 6.78. The summed E-state index contributed by atoms with van der Waals surface area (Å²) in [5.74, 6) is -0.965. The fourth-order valence-corrected chi connectivity index (χ4v) is 4.88. The van der Waals surface area contributed by atoms with Gasteiger partial charge in [0.2, 0.25) is 0 Å². The summed E-state index contributed by atoms with van der Waals surface area (Å²) in [6, 6.07) is 21.9. The molecule has 4 rings (SSSR count). The fraction of sp³-hybridized carbons (Fsp3) is 0.233. The molecule has 0 bridgehead atoms. The molecule has 0 radical (unpaired) electrons. The number of aromatic carboxylic acids is 1. The van der Waals surface area contributed by atoms with E-state index in [4.69, 9.17) is 0 Å². The molecule has 4 aromatic rings. The van der Waals surface area contributed by atoms with Crippen molar-refractivity contribution in [2.75, 3.05) is 5.43 Å². The normalized spacial score (nSPS) is 11.3. The second-order valence-electron chi connectivity index (χ2n) is 9.79. The van der Waals surface area contributed by atoms with Gasteiger partial charge in [-0.15, -0.1) is 0 Å². The SMILES string of the molecule is C=NNc1cc2c(-c3ccc(C(=O)O)cc3)c(C(C)(C)CC#N)n(Cc3ccccc3C)c2cc1C. The van der Waals surface area contributed by atoms with E-state index in [0.717, 1.165) is 39.0 Å². The molecular formula is C30H30N4O2. The molecule has 36 heavy (non-hydrogen) atoms.